The van der Waals surface area contributed by atoms with Crippen molar-refractivity contribution in [1.82, 2.24) is 18.9 Å². The monoisotopic (exact) mass is 416 g/mol. The third kappa shape index (κ3) is 3.95. The van der Waals surface area contributed by atoms with E-state index in [-0.39, 0.29) is 11.2 Å². The van der Waals surface area contributed by atoms with Gasteiger partial charge in [0.1, 0.15) is 23.3 Å². The molecule has 0 N–H and O–H groups in total. The van der Waals surface area contributed by atoms with Gasteiger partial charge < -0.3 is 14.0 Å². The minimum atomic E-state index is -0.720. The molecule has 0 radical (unpaired) electrons. The highest BCUT2D eigenvalue weighted by atomic mass is 19.1. The second-order valence-electron chi connectivity index (χ2n) is 8.36. The first-order valence-corrected chi connectivity index (χ1v) is 9.97. The molecule has 1 aromatic carbocycles. The number of benzene rings is 1. The number of nitrogens with zero attached hydrogens (tertiary/aromatic N) is 4. The number of ether oxygens (including phenoxy) is 2. The second-order valence-corrected chi connectivity index (χ2v) is 8.36. The lowest BCUT2D eigenvalue weighted by atomic mass is 10.2. The zero-order chi connectivity index (χ0) is 21.5. The maximum atomic E-state index is 14.0. The number of hydrogen-bond donors (Lipinski definition) is 0. The van der Waals surface area contributed by atoms with Gasteiger partial charge in [-0.1, -0.05) is 0 Å². The highest BCUT2D eigenvalue weighted by Gasteiger charge is 2.25. The van der Waals surface area contributed by atoms with E-state index in [1.165, 1.54) is 27.4 Å². The highest BCUT2D eigenvalue weighted by Crippen LogP contribution is 2.20. The van der Waals surface area contributed by atoms with E-state index in [4.69, 9.17) is 9.47 Å². The summed E-state index contributed by atoms with van der Waals surface area (Å²) < 4.78 is 27.9. The van der Waals surface area contributed by atoms with Crippen LogP contribution in [0.25, 0.3) is 16.6 Å². The summed E-state index contributed by atoms with van der Waals surface area (Å²) in [6, 6.07) is 4.25. The van der Waals surface area contributed by atoms with Crippen LogP contribution < -0.4 is 5.56 Å². The number of rotatable bonds is 4. The Morgan fingerprint density at radius 3 is 2.63 bits per heavy atom. The predicted octanol–water partition coefficient (Wildman–Crippen LogP) is 2.08. The normalized spacial score (nSPS) is 15.7. The third-order valence-corrected chi connectivity index (χ3v) is 5.04. The average Bonchev–Trinajstić information content (AvgIpc) is 3.13. The number of hydrogen-bond acceptors (Lipinski definition) is 6. The van der Waals surface area contributed by atoms with E-state index in [1.54, 1.807) is 26.8 Å². The second kappa shape index (κ2) is 7.81. The molecule has 0 amide bonds. The van der Waals surface area contributed by atoms with Crippen molar-refractivity contribution in [2.45, 2.75) is 32.9 Å². The molecule has 30 heavy (non-hydrogen) atoms. The minimum Gasteiger partial charge on any atom is -0.455 e. The first kappa shape index (κ1) is 20.5. The maximum Gasteiger partial charge on any atom is 0.359 e. The molecule has 1 saturated heterocycles. The number of carbonyl (C=O) groups is 1. The summed E-state index contributed by atoms with van der Waals surface area (Å²) in [5.74, 6) is -1.10. The molecule has 1 aliphatic rings. The fourth-order valence-corrected chi connectivity index (χ4v) is 3.65. The van der Waals surface area contributed by atoms with Crippen molar-refractivity contribution < 1.29 is 18.7 Å². The van der Waals surface area contributed by atoms with Crippen LogP contribution in [0, 0.1) is 5.82 Å². The van der Waals surface area contributed by atoms with E-state index < -0.39 is 22.9 Å². The van der Waals surface area contributed by atoms with E-state index in [1.807, 2.05) is 0 Å². The molecule has 1 fully saturated rings. The molecule has 3 aromatic rings. The van der Waals surface area contributed by atoms with Crippen LogP contribution in [0.5, 0.6) is 0 Å². The van der Waals surface area contributed by atoms with Crippen LogP contribution in [-0.2, 0) is 16.0 Å². The number of imidazole rings is 1. The number of morpholine rings is 1. The zero-order valence-electron chi connectivity index (χ0n) is 17.4. The molecule has 0 aliphatic carbocycles. The first-order valence-electron chi connectivity index (χ1n) is 9.97. The molecular formula is C21H25FN4O4. The number of halogens is 1. The van der Waals surface area contributed by atoms with Crippen LogP contribution in [0.1, 0.15) is 31.3 Å². The molecule has 8 nitrogen and oxygen atoms in total. The molecular weight excluding hydrogens is 391 g/mol. The summed E-state index contributed by atoms with van der Waals surface area (Å²) in [7, 11) is 0. The molecule has 4 rings (SSSR count). The zero-order valence-corrected chi connectivity index (χ0v) is 17.4. The van der Waals surface area contributed by atoms with Gasteiger partial charge in [-0.3, -0.25) is 14.1 Å². The summed E-state index contributed by atoms with van der Waals surface area (Å²) in [5, 5.41) is 0. The van der Waals surface area contributed by atoms with Crippen molar-refractivity contribution in [2.75, 3.05) is 32.8 Å². The van der Waals surface area contributed by atoms with Crippen molar-refractivity contribution >= 4 is 22.5 Å². The molecule has 0 bridgehead atoms. The van der Waals surface area contributed by atoms with Gasteiger partial charge in [-0.05, 0) is 39.0 Å². The lowest BCUT2D eigenvalue weighted by Gasteiger charge is -2.27. The molecule has 3 heterocycles. The van der Waals surface area contributed by atoms with Crippen LogP contribution in [0.3, 0.4) is 0 Å². The molecule has 2 aromatic heterocycles. The molecule has 160 valence electrons. The van der Waals surface area contributed by atoms with Crippen molar-refractivity contribution in [2.24, 2.45) is 0 Å². The van der Waals surface area contributed by atoms with E-state index in [2.05, 4.69) is 9.88 Å². The summed E-state index contributed by atoms with van der Waals surface area (Å²) in [5.41, 5.74) is 0.0121. The fraction of sp³-hybridized carbons (Fsp3) is 0.476. The lowest BCUT2D eigenvalue weighted by molar-refractivity contribution is 0.00656. The Labute approximate surface area is 172 Å². The van der Waals surface area contributed by atoms with Gasteiger partial charge in [0.25, 0.3) is 5.56 Å². The van der Waals surface area contributed by atoms with E-state index in [0.717, 1.165) is 13.1 Å². The van der Waals surface area contributed by atoms with Gasteiger partial charge in [0.05, 0.1) is 24.2 Å². The number of esters is 1. The minimum absolute atomic E-state index is 0.0405. The van der Waals surface area contributed by atoms with Crippen molar-refractivity contribution in [1.29, 1.82) is 0 Å². The first-order chi connectivity index (χ1) is 14.2. The highest BCUT2D eigenvalue weighted by molar-refractivity contribution is 5.96. The Kier molecular flexibility index (Phi) is 5.33. The molecule has 0 atom stereocenters. The van der Waals surface area contributed by atoms with E-state index >= 15 is 0 Å². The van der Waals surface area contributed by atoms with Crippen molar-refractivity contribution in [3.8, 4) is 0 Å². The summed E-state index contributed by atoms with van der Waals surface area (Å²) in [4.78, 5) is 32.4. The van der Waals surface area contributed by atoms with Gasteiger partial charge in [0, 0.05) is 26.2 Å². The quantitative estimate of drug-likeness (QED) is 0.606. The van der Waals surface area contributed by atoms with Gasteiger partial charge in [-0.25, -0.2) is 14.2 Å². The molecule has 0 spiro atoms. The van der Waals surface area contributed by atoms with Crippen molar-refractivity contribution in [3.63, 3.8) is 0 Å². The average molecular weight is 416 g/mol. The maximum absolute atomic E-state index is 14.0. The number of aromatic nitrogens is 3. The summed E-state index contributed by atoms with van der Waals surface area (Å²) in [6.07, 6.45) is 1.41. The summed E-state index contributed by atoms with van der Waals surface area (Å²) in [6.45, 7) is 9.07. The Morgan fingerprint density at radius 1 is 1.20 bits per heavy atom. The summed E-state index contributed by atoms with van der Waals surface area (Å²) >= 11 is 0. The molecule has 0 unspecified atom stereocenters. The topological polar surface area (TPSA) is 78.1 Å². The molecule has 1 aliphatic heterocycles. The Hall–Kier alpha value is -2.78. The Bertz CT molecular complexity index is 1160. The van der Waals surface area contributed by atoms with Gasteiger partial charge >= 0.3 is 5.97 Å². The molecule has 9 heteroatoms. The van der Waals surface area contributed by atoms with Crippen LogP contribution in [0.4, 0.5) is 4.39 Å². The van der Waals surface area contributed by atoms with Crippen LogP contribution in [0.2, 0.25) is 0 Å². The fourth-order valence-electron chi connectivity index (χ4n) is 3.65. The number of carbonyl (C=O) groups excluding carboxylic acids is 1. The van der Waals surface area contributed by atoms with Gasteiger partial charge in [-0.15, -0.1) is 0 Å². The molecule has 0 saturated carbocycles. The van der Waals surface area contributed by atoms with Crippen LogP contribution in [0.15, 0.2) is 29.3 Å². The standard InChI is InChI=1S/C21H25FN4O4/c1-21(2,3)30-20(28)17-18-19(27)25(7-6-24-8-10-29-11-9-24)16-12-14(22)4-5-15(16)26(18)13-23-17/h4-5,12-13H,6-11H2,1-3H3. The van der Waals surface area contributed by atoms with Crippen molar-refractivity contribution in [3.05, 3.63) is 46.4 Å². The van der Waals surface area contributed by atoms with Crippen LogP contribution in [-0.4, -0.2) is 63.3 Å². The van der Waals surface area contributed by atoms with Gasteiger partial charge in [-0.2, -0.15) is 0 Å². The Balaban J connectivity index is 1.84. The van der Waals surface area contributed by atoms with E-state index in [9.17, 15) is 14.0 Å². The van der Waals surface area contributed by atoms with E-state index in [0.29, 0.717) is 37.3 Å². The SMILES string of the molecule is CC(C)(C)OC(=O)c1ncn2c1c(=O)n(CCN1CCOCC1)c1cc(F)ccc12. The third-order valence-electron chi connectivity index (χ3n) is 5.04. The Morgan fingerprint density at radius 2 is 1.93 bits per heavy atom. The lowest BCUT2D eigenvalue weighted by Crippen LogP contribution is -2.39. The van der Waals surface area contributed by atoms with Gasteiger partial charge in [0.2, 0.25) is 0 Å². The van der Waals surface area contributed by atoms with Crippen LogP contribution >= 0.6 is 0 Å². The number of fused-ring (bicyclic) bond motifs is 3. The smallest absolute Gasteiger partial charge is 0.359 e. The largest absolute Gasteiger partial charge is 0.455 e. The van der Waals surface area contributed by atoms with Gasteiger partial charge in [0.15, 0.2) is 5.69 Å². The predicted molar refractivity (Wildman–Crippen MR) is 109 cm³/mol.